The van der Waals surface area contributed by atoms with Crippen molar-refractivity contribution in [2.24, 2.45) is 50.2 Å². The molecule has 0 radical (unpaired) electrons. The van der Waals surface area contributed by atoms with E-state index in [1.54, 1.807) is 0 Å². The van der Waals surface area contributed by atoms with Crippen LogP contribution in [0.2, 0.25) is 0 Å². The van der Waals surface area contributed by atoms with Crippen LogP contribution in [0.25, 0.3) is 0 Å². The van der Waals surface area contributed by atoms with Crippen LogP contribution in [0.5, 0.6) is 0 Å². The molecule has 0 aromatic rings. The number of aliphatic hydroxyl groups is 3. The van der Waals surface area contributed by atoms with Crippen molar-refractivity contribution in [3.63, 3.8) is 0 Å². The molecule has 4 nitrogen and oxygen atoms in total. The average Bonchev–Trinajstić information content (AvgIpc) is 3.04. The van der Waals surface area contributed by atoms with E-state index in [4.69, 9.17) is 4.74 Å². The Bertz CT molecular complexity index is 913. The van der Waals surface area contributed by atoms with Crippen molar-refractivity contribution < 1.29 is 20.1 Å². The number of fused-ring (bicyclic) bond motifs is 4. The van der Waals surface area contributed by atoms with Crippen LogP contribution in [-0.2, 0) is 4.74 Å². The van der Waals surface area contributed by atoms with Gasteiger partial charge in [0.05, 0.1) is 31.0 Å². The fraction of sp³-hybridized carbons (Fsp3) is 0.933. The van der Waals surface area contributed by atoms with E-state index in [9.17, 15) is 15.3 Å². The highest BCUT2D eigenvalue weighted by atomic mass is 16.5. The maximum absolute atomic E-state index is 11.8. The third-order valence-electron chi connectivity index (χ3n) is 13.7. The van der Waals surface area contributed by atoms with Crippen LogP contribution in [0.4, 0.5) is 0 Å². The van der Waals surface area contributed by atoms with Gasteiger partial charge >= 0.3 is 0 Å². The first-order chi connectivity index (χ1) is 15.7. The summed E-state index contributed by atoms with van der Waals surface area (Å²) in [6.45, 7) is 15.1. The number of rotatable bonds is 1. The second-order valence-corrected chi connectivity index (χ2v) is 15.4. The monoisotopic (exact) mass is 472 g/mol. The molecule has 4 heteroatoms. The molecule has 1 aliphatic heterocycles. The SMILES string of the molecule is CC1(C)CC[C@]23CO[C@@]4(C=C[C@@H]5[C@@]6(C)CC[C@H](O)[C@@](C)(CO)[C@H]6CC[C@@]5(C)[C@]4(C)C[C@H]2O)[C@H]3C1. The van der Waals surface area contributed by atoms with Gasteiger partial charge in [-0.3, -0.25) is 0 Å². The van der Waals surface area contributed by atoms with Crippen LogP contribution < -0.4 is 0 Å². The van der Waals surface area contributed by atoms with Crippen molar-refractivity contribution in [2.75, 3.05) is 13.2 Å². The Morgan fingerprint density at radius 3 is 2.29 bits per heavy atom. The van der Waals surface area contributed by atoms with Crippen molar-refractivity contribution >= 4 is 0 Å². The number of hydrogen-bond acceptors (Lipinski definition) is 4. The Morgan fingerprint density at radius 1 is 0.853 bits per heavy atom. The molecule has 0 aromatic carbocycles. The van der Waals surface area contributed by atoms with E-state index in [0.29, 0.717) is 24.4 Å². The molecular weight excluding hydrogens is 424 g/mol. The van der Waals surface area contributed by atoms with E-state index in [1.807, 2.05) is 0 Å². The first kappa shape index (κ1) is 23.9. The zero-order chi connectivity index (χ0) is 24.6. The summed E-state index contributed by atoms with van der Waals surface area (Å²) >= 11 is 0. The van der Waals surface area contributed by atoms with Gasteiger partial charge in [0, 0.05) is 22.2 Å². The third kappa shape index (κ3) is 2.42. The summed E-state index contributed by atoms with van der Waals surface area (Å²) in [6.07, 6.45) is 12.3. The van der Waals surface area contributed by atoms with Crippen LogP contribution in [-0.4, -0.2) is 46.3 Å². The van der Waals surface area contributed by atoms with Crippen LogP contribution in [0.15, 0.2) is 12.2 Å². The first-order valence-corrected chi connectivity index (χ1v) is 14.1. The highest BCUT2D eigenvalue weighted by Gasteiger charge is 2.78. The van der Waals surface area contributed by atoms with Crippen molar-refractivity contribution in [1.29, 1.82) is 0 Å². The first-order valence-electron chi connectivity index (χ1n) is 14.1. The van der Waals surface area contributed by atoms with Gasteiger partial charge in [0.1, 0.15) is 0 Å². The Labute approximate surface area is 206 Å². The van der Waals surface area contributed by atoms with Gasteiger partial charge in [0.25, 0.3) is 0 Å². The zero-order valence-corrected chi connectivity index (χ0v) is 22.4. The Kier molecular flexibility index (Phi) is 4.73. The van der Waals surface area contributed by atoms with E-state index in [2.05, 4.69) is 53.7 Å². The van der Waals surface area contributed by atoms with E-state index < -0.39 is 11.5 Å². The summed E-state index contributed by atoms with van der Waals surface area (Å²) in [6, 6.07) is 0. The van der Waals surface area contributed by atoms with Gasteiger partial charge in [0.2, 0.25) is 0 Å². The molecule has 0 unspecified atom stereocenters. The number of allylic oxidation sites excluding steroid dienone is 1. The van der Waals surface area contributed by atoms with Crippen molar-refractivity contribution in [3.8, 4) is 0 Å². The van der Waals surface area contributed by atoms with Gasteiger partial charge in [-0.1, -0.05) is 53.7 Å². The summed E-state index contributed by atoms with van der Waals surface area (Å²) < 4.78 is 7.01. The Balaban J connectivity index is 1.49. The summed E-state index contributed by atoms with van der Waals surface area (Å²) in [5.74, 6) is 1.01. The van der Waals surface area contributed by atoms with Gasteiger partial charge in [0.15, 0.2) is 0 Å². The number of aliphatic hydroxyl groups excluding tert-OH is 3. The maximum Gasteiger partial charge on any atom is 0.0957 e. The zero-order valence-electron chi connectivity index (χ0n) is 22.4. The van der Waals surface area contributed by atoms with Crippen LogP contribution in [0, 0.1) is 50.2 Å². The molecule has 1 saturated heterocycles. The van der Waals surface area contributed by atoms with Gasteiger partial charge in [-0.15, -0.1) is 0 Å². The van der Waals surface area contributed by atoms with Crippen LogP contribution in [0.3, 0.4) is 0 Å². The largest absolute Gasteiger partial charge is 0.396 e. The quantitative estimate of drug-likeness (QED) is 0.464. The lowest BCUT2D eigenvalue weighted by Crippen LogP contribution is -2.72. The fourth-order valence-electron chi connectivity index (χ4n) is 11.3. The molecule has 3 N–H and O–H groups in total. The highest BCUT2D eigenvalue weighted by Crippen LogP contribution is 2.79. The van der Waals surface area contributed by atoms with Gasteiger partial charge in [-0.2, -0.15) is 0 Å². The molecule has 0 amide bonds. The molecule has 192 valence electrons. The molecule has 6 aliphatic rings. The molecule has 1 spiro atoms. The lowest BCUT2D eigenvalue weighted by atomic mass is 9.32. The number of ether oxygens (including phenoxy) is 1. The van der Waals surface area contributed by atoms with Gasteiger partial charge < -0.3 is 20.1 Å². The predicted octanol–water partition coefficient (Wildman–Crippen LogP) is 5.10. The smallest absolute Gasteiger partial charge is 0.0957 e. The Hall–Kier alpha value is -0.420. The minimum atomic E-state index is -0.448. The Morgan fingerprint density at radius 2 is 1.59 bits per heavy atom. The molecule has 5 aliphatic carbocycles. The van der Waals surface area contributed by atoms with Gasteiger partial charge in [-0.05, 0) is 79.4 Å². The number of hydrogen-bond donors (Lipinski definition) is 3. The molecule has 0 aromatic heterocycles. The molecule has 2 bridgehead atoms. The third-order valence-corrected chi connectivity index (χ3v) is 13.7. The second-order valence-electron chi connectivity index (χ2n) is 15.4. The lowest BCUT2D eigenvalue weighted by Gasteiger charge is -2.73. The average molecular weight is 473 g/mol. The molecule has 11 atom stereocenters. The maximum atomic E-state index is 11.8. The molecule has 5 fully saturated rings. The normalized spacial score (nSPS) is 61.7. The minimum Gasteiger partial charge on any atom is -0.396 e. The molecular formula is C30H48O4. The van der Waals surface area contributed by atoms with E-state index >= 15 is 0 Å². The summed E-state index contributed by atoms with van der Waals surface area (Å²) in [4.78, 5) is 0. The summed E-state index contributed by atoms with van der Waals surface area (Å²) in [5.41, 5.74) is -0.668. The minimum absolute atomic E-state index is 0.00469. The van der Waals surface area contributed by atoms with Crippen molar-refractivity contribution in [1.82, 2.24) is 0 Å². The topological polar surface area (TPSA) is 69.9 Å². The van der Waals surface area contributed by atoms with E-state index in [0.717, 1.165) is 44.9 Å². The lowest BCUT2D eigenvalue weighted by molar-refractivity contribution is -0.259. The van der Waals surface area contributed by atoms with Crippen LogP contribution in [0.1, 0.15) is 92.9 Å². The molecule has 4 saturated carbocycles. The van der Waals surface area contributed by atoms with Crippen molar-refractivity contribution in [2.45, 2.75) is 111 Å². The molecule has 6 rings (SSSR count). The second kappa shape index (κ2) is 6.71. The highest BCUT2D eigenvalue weighted by molar-refractivity contribution is 5.35. The van der Waals surface area contributed by atoms with Crippen LogP contribution >= 0.6 is 0 Å². The summed E-state index contributed by atoms with van der Waals surface area (Å²) in [7, 11) is 0. The standard InChI is InChI=1S/C30H48O4/c1-24(2)13-14-29-18-34-30(21(29)15-24)12-8-20-25(3)10-9-22(32)26(4,17-31)19(25)7-11-27(20,5)28(30,6)16-23(29)33/h8,12,19-23,31-33H,7,9-11,13-18H2,1-6H3/t19-,20+,21-,22-,23+,25-,26-,27+,28-,29+,30-/m0/s1. The fourth-order valence-corrected chi connectivity index (χ4v) is 11.3. The van der Waals surface area contributed by atoms with Gasteiger partial charge in [-0.25, -0.2) is 0 Å². The molecule has 1 heterocycles. The molecule has 34 heavy (non-hydrogen) atoms. The predicted molar refractivity (Wildman–Crippen MR) is 133 cm³/mol. The van der Waals surface area contributed by atoms with E-state index in [1.165, 1.54) is 6.42 Å². The van der Waals surface area contributed by atoms with E-state index in [-0.39, 0.29) is 45.4 Å². The summed E-state index contributed by atoms with van der Waals surface area (Å²) in [5, 5.41) is 33.2. The van der Waals surface area contributed by atoms with Crippen molar-refractivity contribution in [3.05, 3.63) is 12.2 Å².